The first-order valence-electron chi connectivity index (χ1n) is 11.7. The number of nitrogens with zero attached hydrogens (tertiary/aromatic N) is 2. The van der Waals surface area contributed by atoms with Gasteiger partial charge < -0.3 is 19.7 Å². The Hall–Kier alpha value is -2.45. The maximum absolute atomic E-state index is 12.8. The van der Waals surface area contributed by atoms with Crippen molar-refractivity contribution in [1.29, 1.82) is 0 Å². The molecule has 2 fully saturated rings. The van der Waals surface area contributed by atoms with Gasteiger partial charge in [-0.15, -0.1) is 0 Å². The van der Waals surface area contributed by atoms with Crippen LogP contribution in [0.25, 0.3) is 0 Å². The summed E-state index contributed by atoms with van der Waals surface area (Å²) in [6, 6.07) is 6.73. The summed E-state index contributed by atoms with van der Waals surface area (Å²) in [5, 5.41) is 2.98. The molecule has 1 aromatic rings. The first-order valence-corrected chi connectivity index (χ1v) is 11.7. The Kier molecular flexibility index (Phi) is 7.10. The number of benzene rings is 1. The lowest BCUT2D eigenvalue weighted by molar-refractivity contribution is -0.139. The van der Waals surface area contributed by atoms with Gasteiger partial charge in [-0.1, -0.05) is 12.1 Å². The molecule has 174 valence electrons. The summed E-state index contributed by atoms with van der Waals surface area (Å²) in [6.45, 7) is 7.08. The molecule has 3 aliphatic rings. The van der Waals surface area contributed by atoms with Crippen LogP contribution in [0.3, 0.4) is 0 Å². The van der Waals surface area contributed by atoms with Crippen LogP contribution in [-0.2, 0) is 14.3 Å². The number of hydrogen-bond donors (Lipinski definition) is 1. The minimum atomic E-state index is -0.676. The minimum Gasteiger partial charge on any atom is -0.486 e. The SMILES string of the molecule is C[C@@H](C(=O)NCCCN1CCOCC1)N1CC[C@]2(CCC1=O)CC(=O)c1ccccc1O2. The number of ketones is 1. The molecule has 0 saturated carbocycles. The van der Waals surface area contributed by atoms with Crippen molar-refractivity contribution in [3.05, 3.63) is 29.8 Å². The summed E-state index contributed by atoms with van der Waals surface area (Å²) in [5.74, 6) is 0.449. The van der Waals surface area contributed by atoms with Crippen molar-refractivity contribution in [3.8, 4) is 5.75 Å². The molecular formula is C24H33N3O5. The summed E-state index contributed by atoms with van der Waals surface area (Å²) < 4.78 is 11.6. The van der Waals surface area contributed by atoms with Crippen LogP contribution >= 0.6 is 0 Å². The molecule has 32 heavy (non-hydrogen) atoms. The van der Waals surface area contributed by atoms with E-state index in [2.05, 4.69) is 10.2 Å². The van der Waals surface area contributed by atoms with Gasteiger partial charge in [0.15, 0.2) is 5.78 Å². The standard InChI is InChI=1S/C24H33N3O5/c1-18(23(30)25-10-4-11-26-13-15-31-16-14-26)27-12-9-24(8-7-22(27)29)17-20(28)19-5-2-3-6-21(19)32-24/h2-3,5-6,18H,4,7-17H2,1H3,(H,25,30)/t18-,24+/m0/s1. The zero-order valence-corrected chi connectivity index (χ0v) is 18.8. The first-order chi connectivity index (χ1) is 15.5. The smallest absolute Gasteiger partial charge is 0.242 e. The molecule has 4 rings (SSSR count). The Morgan fingerprint density at radius 2 is 1.94 bits per heavy atom. The minimum absolute atomic E-state index is 0.0545. The fourth-order valence-corrected chi connectivity index (χ4v) is 4.81. The number of hydrogen-bond acceptors (Lipinski definition) is 6. The highest BCUT2D eigenvalue weighted by Gasteiger charge is 2.44. The van der Waals surface area contributed by atoms with E-state index in [1.807, 2.05) is 18.2 Å². The van der Waals surface area contributed by atoms with E-state index in [1.165, 1.54) is 0 Å². The molecule has 0 radical (unpaired) electrons. The lowest BCUT2D eigenvalue weighted by Crippen LogP contribution is -2.49. The van der Waals surface area contributed by atoms with Crippen LogP contribution in [0.5, 0.6) is 5.75 Å². The Bertz CT molecular complexity index is 854. The zero-order chi connectivity index (χ0) is 22.6. The highest BCUT2D eigenvalue weighted by molar-refractivity contribution is 6.00. The first kappa shape index (κ1) is 22.7. The lowest BCUT2D eigenvalue weighted by Gasteiger charge is -2.37. The number of nitrogens with one attached hydrogen (secondary N) is 1. The van der Waals surface area contributed by atoms with Crippen LogP contribution in [0.15, 0.2) is 24.3 Å². The van der Waals surface area contributed by atoms with Crippen LogP contribution in [0.2, 0.25) is 0 Å². The van der Waals surface area contributed by atoms with Crippen LogP contribution in [-0.4, -0.2) is 85.0 Å². The number of Topliss-reactive ketones (excluding diaryl/α,β-unsaturated/α-hetero) is 1. The van der Waals surface area contributed by atoms with Gasteiger partial charge in [-0.2, -0.15) is 0 Å². The molecule has 0 aliphatic carbocycles. The number of ether oxygens (including phenoxy) is 2. The molecule has 8 heteroatoms. The maximum Gasteiger partial charge on any atom is 0.242 e. The van der Waals surface area contributed by atoms with Gasteiger partial charge >= 0.3 is 0 Å². The Morgan fingerprint density at radius 1 is 1.16 bits per heavy atom. The average molecular weight is 444 g/mol. The summed E-state index contributed by atoms with van der Waals surface area (Å²) in [6.07, 6.45) is 2.42. The molecule has 0 unspecified atom stereocenters. The Balaban J connectivity index is 1.30. The lowest BCUT2D eigenvalue weighted by atomic mass is 9.84. The van der Waals surface area contributed by atoms with Crippen molar-refractivity contribution in [3.63, 3.8) is 0 Å². The van der Waals surface area contributed by atoms with Crippen LogP contribution < -0.4 is 10.1 Å². The van der Waals surface area contributed by atoms with Gasteiger partial charge in [0.2, 0.25) is 11.8 Å². The number of carbonyl (C=O) groups excluding carboxylic acids is 3. The third-order valence-electron chi connectivity index (χ3n) is 6.82. The fraction of sp³-hybridized carbons (Fsp3) is 0.625. The van der Waals surface area contributed by atoms with E-state index in [-0.39, 0.29) is 30.4 Å². The second kappa shape index (κ2) is 10.0. The van der Waals surface area contributed by atoms with E-state index in [9.17, 15) is 14.4 Å². The molecule has 3 heterocycles. The van der Waals surface area contributed by atoms with Gasteiger partial charge in [-0.3, -0.25) is 19.3 Å². The Morgan fingerprint density at radius 3 is 2.75 bits per heavy atom. The molecule has 2 atom stereocenters. The highest BCUT2D eigenvalue weighted by Crippen LogP contribution is 2.39. The van der Waals surface area contributed by atoms with Gasteiger partial charge in [0.25, 0.3) is 0 Å². The summed E-state index contributed by atoms with van der Waals surface area (Å²) in [5.41, 5.74) is -0.0696. The Labute approximate surface area is 189 Å². The largest absolute Gasteiger partial charge is 0.486 e. The molecule has 0 aromatic heterocycles. The van der Waals surface area contributed by atoms with E-state index >= 15 is 0 Å². The molecule has 3 aliphatic heterocycles. The van der Waals surface area contributed by atoms with Gasteiger partial charge in [0.1, 0.15) is 17.4 Å². The van der Waals surface area contributed by atoms with Crippen LogP contribution in [0, 0.1) is 0 Å². The number of morpholine rings is 1. The third-order valence-corrected chi connectivity index (χ3v) is 6.82. The van der Waals surface area contributed by atoms with E-state index in [0.717, 1.165) is 39.3 Å². The number of amides is 2. The van der Waals surface area contributed by atoms with Gasteiger partial charge in [-0.05, 0) is 38.4 Å². The van der Waals surface area contributed by atoms with E-state index in [0.29, 0.717) is 37.2 Å². The molecular weight excluding hydrogens is 410 g/mol. The predicted octanol–water partition coefficient (Wildman–Crippen LogP) is 1.63. The number of rotatable bonds is 6. The van der Waals surface area contributed by atoms with Crippen molar-refractivity contribution >= 4 is 17.6 Å². The summed E-state index contributed by atoms with van der Waals surface area (Å²) in [7, 11) is 0. The number of fused-ring (bicyclic) bond motifs is 1. The molecule has 2 amide bonds. The van der Waals surface area contributed by atoms with Crippen LogP contribution in [0.4, 0.5) is 0 Å². The second-order valence-corrected chi connectivity index (χ2v) is 8.99. The average Bonchev–Trinajstić information content (AvgIpc) is 2.96. The molecule has 8 nitrogen and oxygen atoms in total. The topological polar surface area (TPSA) is 88.2 Å². The van der Waals surface area contributed by atoms with Gasteiger partial charge in [0.05, 0.1) is 25.2 Å². The second-order valence-electron chi connectivity index (χ2n) is 8.99. The molecule has 0 bridgehead atoms. The van der Waals surface area contributed by atoms with Crippen molar-refractivity contribution in [2.45, 2.75) is 50.7 Å². The molecule has 1 aromatic carbocycles. The summed E-state index contributed by atoms with van der Waals surface area (Å²) >= 11 is 0. The number of para-hydroxylation sites is 1. The van der Waals surface area contributed by atoms with Gasteiger partial charge in [0, 0.05) is 39.0 Å². The van der Waals surface area contributed by atoms with E-state index < -0.39 is 11.6 Å². The highest BCUT2D eigenvalue weighted by atomic mass is 16.5. The monoisotopic (exact) mass is 443 g/mol. The van der Waals surface area contributed by atoms with E-state index in [1.54, 1.807) is 17.9 Å². The molecule has 2 saturated heterocycles. The fourth-order valence-electron chi connectivity index (χ4n) is 4.81. The normalized spacial score (nSPS) is 25.1. The maximum atomic E-state index is 12.8. The summed E-state index contributed by atoms with van der Waals surface area (Å²) in [4.78, 5) is 42.2. The van der Waals surface area contributed by atoms with Crippen molar-refractivity contribution in [2.24, 2.45) is 0 Å². The number of likely N-dealkylation sites (tertiary alicyclic amines) is 1. The zero-order valence-electron chi connectivity index (χ0n) is 18.8. The van der Waals surface area contributed by atoms with Crippen molar-refractivity contribution in [1.82, 2.24) is 15.1 Å². The third kappa shape index (κ3) is 5.13. The number of carbonyl (C=O) groups is 3. The van der Waals surface area contributed by atoms with Gasteiger partial charge in [-0.25, -0.2) is 0 Å². The predicted molar refractivity (Wildman–Crippen MR) is 119 cm³/mol. The molecule has 1 N–H and O–H groups in total. The van der Waals surface area contributed by atoms with Crippen molar-refractivity contribution in [2.75, 3.05) is 45.9 Å². The van der Waals surface area contributed by atoms with Crippen LogP contribution in [0.1, 0.15) is 49.4 Å². The quantitative estimate of drug-likeness (QED) is 0.673. The van der Waals surface area contributed by atoms with E-state index in [4.69, 9.17) is 9.47 Å². The molecule has 1 spiro atoms. The van der Waals surface area contributed by atoms with Crippen molar-refractivity contribution < 1.29 is 23.9 Å².